The lowest BCUT2D eigenvalue weighted by atomic mass is 10.2. The van der Waals surface area contributed by atoms with Crippen molar-refractivity contribution in [2.24, 2.45) is 0 Å². The van der Waals surface area contributed by atoms with Crippen LogP contribution in [0.3, 0.4) is 0 Å². The molecule has 0 aromatic heterocycles. The molecule has 2 aromatic rings. The fraction of sp³-hybridized carbons (Fsp3) is 0.278. The van der Waals surface area contributed by atoms with E-state index in [-0.39, 0.29) is 5.96 Å². The van der Waals surface area contributed by atoms with E-state index in [0.29, 0.717) is 11.6 Å². The van der Waals surface area contributed by atoms with Crippen LogP contribution in [0, 0.1) is 5.41 Å². The zero-order chi connectivity index (χ0) is 19.3. The number of rotatable bonds is 5. The lowest BCUT2D eigenvalue weighted by molar-refractivity contribution is -0.137. The summed E-state index contributed by atoms with van der Waals surface area (Å²) in [6.07, 6.45) is -4.42. The zero-order valence-corrected chi connectivity index (χ0v) is 15.9. The van der Waals surface area contributed by atoms with Crippen LogP contribution in [0.25, 0.3) is 0 Å². The number of hydrogen-bond donors (Lipinski definition) is 1. The summed E-state index contributed by atoms with van der Waals surface area (Å²) in [6, 6.07) is 12.5. The van der Waals surface area contributed by atoms with Gasteiger partial charge in [0.25, 0.3) is 0 Å². The first-order valence-electron chi connectivity index (χ1n) is 7.76. The van der Waals surface area contributed by atoms with E-state index < -0.39 is 11.7 Å². The van der Waals surface area contributed by atoms with E-state index >= 15 is 0 Å². The van der Waals surface area contributed by atoms with E-state index in [1.165, 1.54) is 11.0 Å². The number of thioether (sulfide) groups is 1. The minimum Gasteiger partial charge on any atom is -0.316 e. The van der Waals surface area contributed by atoms with Gasteiger partial charge in [0.2, 0.25) is 5.96 Å². The fourth-order valence-corrected chi connectivity index (χ4v) is 3.41. The van der Waals surface area contributed by atoms with Crippen molar-refractivity contribution >= 4 is 40.7 Å². The summed E-state index contributed by atoms with van der Waals surface area (Å²) in [4.78, 5) is 4.01. The molecule has 0 heterocycles. The highest BCUT2D eigenvalue weighted by molar-refractivity contribution is 7.99. The summed E-state index contributed by atoms with van der Waals surface area (Å²) in [7, 11) is 3.29. The molecule has 0 spiro atoms. The van der Waals surface area contributed by atoms with Crippen molar-refractivity contribution in [2.45, 2.75) is 11.1 Å². The van der Waals surface area contributed by atoms with Gasteiger partial charge in [-0.05, 0) is 30.3 Å². The Hall–Kier alpha value is -1.86. The summed E-state index contributed by atoms with van der Waals surface area (Å²) >= 11 is 7.32. The summed E-state index contributed by atoms with van der Waals surface area (Å²) in [5.41, 5.74) is 0.351. The maximum absolute atomic E-state index is 12.9. The van der Waals surface area contributed by atoms with Gasteiger partial charge in [-0.2, -0.15) is 13.2 Å². The van der Waals surface area contributed by atoms with Crippen LogP contribution in [0.1, 0.15) is 5.56 Å². The third-order valence-electron chi connectivity index (χ3n) is 3.76. The molecule has 0 saturated heterocycles. The van der Waals surface area contributed by atoms with Crippen molar-refractivity contribution in [3.8, 4) is 0 Å². The molecule has 0 bridgehead atoms. The molecular formula is C18H19ClF3N3S. The number of alkyl halides is 4. The van der Waals surface area contributed by atoms with Crippen LogP contribution in [0.2, 0.25) is 0 Å². The smallest absolute Gasteiger partial charge is 0.316 e. The van der Waals surface area contributed by atoms with E-state index in [0.717, 1.165) is 28.5 Å². The van der Waals surface area contributed by atoms with Gasteiger partial charge in [-0.1, -0.05) is 18.2 Å². The van der Waals surface area contributed by atoms with Crippen molar-refractivity contribution in [3.05, 3.63) is 54.1 Å². The monoisotopic (exact) mass is 401 g/mol. The van der Waals surface area contributed by atoms with Crippen molar-refractivity contribution in [1.29, 1.82) is 5.41 Å². The molecule has 0 saturated carbocycles. The number of benzene rings is 2. The predicted molar refractivity (Wildman–Crippen MR) is 104 cm³/mol. The Bertz CT molecular complexity index is 767. The first-order chi connectivity index (χ1) is 12.3. The van der Waals surface area contributed by atoms with Crippen molar-refractivity contribution in [1.82, 2.24) is 0 Å². The van der Waals surface area contributed by atoms with Crippen LogP contribution in [0.5, 0.6) is 0 Å². The number of halogens is 4. The standard InChI is InChI=1S/C18H19ClF3N3S/c1-24(14-7-5-6-13(12-14)18(20,21)22)17(23)25(2)15-8-3-4-9-16(15)26-11-10-19/h3-9,12,23H,10-11H2,1-2H3. The van der Waals surface area contributed by atoms with Gasteiger partial charge in [-0.15, -0.1) is 23.4 Å². The van der Waals surface area contributed by atoms with Gasteiger partial charge >= 0.3 is 6.18 Å². The Morgan fingerprint density at radius 1 is 1.08 bits per heavy atom. The van der Waals surface area contributed by atoms with Gasteiger partial charge in [-0.3, -0.25) is 5.41 Å². The van der Waals surface area contributed by atoms with Gasteiger partial charge in [0.1, 0.15) is 0 Å². The number of anilines is 2. The van der Waals surface area contributed by atoms with Gasteiger partial charge in [0, 0.05) is 36.3 Å². The lowest BCUT2D eigenvalue weighted by Gasteiger charge is -2.29. The van der Waals surface area contributed by atoms with E-state index in [1.54, 1.807) is 36.8 Å². The molecule has 2 rings (SSSR count). The number of guanidine groups is 1. The van der Waals surface area contributed by atoms with Crippen LogP contribution in [-0.2, 0) is 6.18 Å². The van der Waals surface area contributed by atoms with Crippen LogP contribution in [0.15, 0.2) is 53.4 Å². The van der Waals surface area contributed by atoms with E-state index in [1.807, 2.05) is 24.3 Å². The molecule has 0 amide bonds. The highest BCUT2D eigenvalue weighted by Crippen LogP contribution is 2.33. The molecule has 2 aromatic carbocycles. The molecular weight excluding hydrogens is 383 g/mol. The largest absolute Gasteiger partial charge is 0.416 e. The molecule has 0 aliphatic rings. The molecule has 3 nitrogen and oxygen atoms in total. The molecule has 0 fully saturated rings. The second-order valence-electron chi connectivity index (χ2n) is 5.49. The number of nitrogens with one attached hydrogen (secondary N) is 1. The summed E-state index contributed by atoms with van der Waals surface area (Å²) in [5.74, 6) is 1.29. The van der Waals surface area contributed by atoms with Crippen molar-refractivity contribution in [3.63, 3.8) is 0 Å². The minimum absolute atomic E-state index is 0.0586. The molecule has 26 heavy (non-hydrogen) atoms. The summed E-state index contributed by atoms with van der Waals surface area (Å²) in [6.45, 7) is 0. The highest BCUT2D eigenvalue weighted by Gasteiger charge is 2.31. The highest BCUT2D eigenvalue weighted by atomic mass is 35.5. The molecule has 8 heteroatoms. The number of nitrogens with zero attached hydrogens (tertiary/aromatic N) is 2. The SMILES string of the molecule is CN(C(=N)N(C)c1ccccc1SCCCl)c1cccc(C(F)(F)F)c1. The maximum atomic E-state index is 12.9. The van der Waals surface area contributed by atoms with Crippen LogP contribution in [0.4, 0.5) is 24.5 Å². The average molecular weight is 402 g/mol. The summed E-state index contributed by atoms with van der Waals surface area (Å²) in [5, 5.41) is 8.41. The average Bonchev–Trinajstić information content (AvgIpc) is 2.64. The third kappa shape index (κ3) is 4.86. The summed E-state index contributed by atoms with van der Waals surface area (Å²) < 4.78 is 38.8. The van der Waals surface area contributed by atoms with Crippen molar-refractivity contribution < 1.29 is 13.2 Å². The Kier molecular flexibility index (Phi) is 6.83. The zero-order valence-electron chi connectivity index (χ0n) is 14.3. The quantitative estimate of drug-likeness (QED) is 0.308. The molecule has 0 radical (unpaired) electrons. The molecule has 0 unspecified atom stereocenters. The predicted octanol–water partition coefficient (Wildman–Crippen LogP) is 5.54. The Labute approximate surface area is 160 Å². The number of hydrogen-bond acceptors (Lipinski definition) is 2. The first kappa shape index (κ1) is 20.5. The molecule has 0 aliphatic heterocycles. The van der Waals surface area contributed by atoms with E-state index in [2.05, 4.69) is 0 Å². The van der Waals surface area contributed by atoms with Crippen LogP contribution < -0.4 is 9.80 Å². The third-order valence-corrected chi connectivity index (χ3v) is 5.24. The normalized spacial score (nSPS) is 11.3. The van der Waals surface area contributed by atoms with Gasteiger partial charge in [-0.25, -0.2) is 0 Å². The molecule has 0 atom stereocenters. The first-order valence-corrected chi connectivity index (χ1v) is 9.28. The van der Waals surface area contributed by atoms with E-state index in [9.17, 15) is 13.2 Å². The molecule has 1 N–H and O–H groups in total. The topological polar surface area (TPSA) is 30.3 Å². The second-order valence-corrected chi connectivity index (χ2v) is 7.01. The van der Waals surface area contributed by atoms with Crippen LogP contribution >= 0.6 is 23.4 Å². The van der Waals surface area contributed by atoms with Crippen molar-refractivity contribution in [2.75, 3.05) is 35.5 Å². The van der Waals surface area contributed by atoms with E-state index in [4.69, 9.17) is 17.0 Å². The van der Waals surface area contributed by atoms with Gasteiger partial charge in [0.15, 0.2) is 0 Å². The van der Waals surface area contributed by atoms with Gasteiger partial charge in [0.05, 0.1) is 11.3 Å². The molecule has 140 valence electrons. The number of para-hydroxylation sites is 1. The second kappa shape index (κ2) is 8.68. The molecule has 0 aliphatic carbocycles. The van der Waals surface area contributed by atoms with Gasteiger partial charge < -0.3 is 9.80 Å². The lowest BCUT2D eigenvalue weighted by Crippen LogP contribution is -2.40. The Morgan fingerprint density at radius 3 is 2.42 bits per heavy atom. The Balaban J connectivity index is 2.26. The maximum Gasteiger partial charge on any atom is 0.416 e. The van der Waals surface area contributed by atoms with Crippen LogP contribution in [-0.4, -0.2) is 31.7 Å². The Morgan fingerprint density at radius 2 is 1.77 bits per heavy atom. The fourth-order valence-electron chi connectivity index (χ4n) is 2.36. The minimum atomic E-state index is -4.42.